The highest BCUT2D eigenvalue weighted by atomic mass is 79.9. The normalized spacial score (nSPS) is 13.4. The molecule has 0 aliphatic carbocycles. The van der Waals surface area contributed by atoms with Gasteiger partial charge in [0, 0.05) is 28.3 Å². The fourth-order valence-corrected chi connectivity index (χ4v) is 3.17. The van der Waals surface area contributed by atoms with Gasteiger partial charge < -0.3 is 10.1 Å². The molecule has 0 atom stereocenters. The second-order valence-corrected chi connectivity index (χ2v) is 6.29. The summed E-state index contributed by atoms with van der Waals surface area (Å²) in [6.07, 6.45) is 4.82. The zero-order valence-corrected chi connectivity index (χ0v) is 13.6. The van der Waals surface area contributed by atoms with Crippen LogP contribution in [0.25, 0.3) is 0 Å². The van der Waals surface area contributed by atoms with Gasteiger partial charge in [-0.05, 0) is 37.1 Å². The van der Waals surface area contributed by atoms with E-state index in [-0.39, 0.29) is 0 Å². The third-order valence-corrected chi connectivity index (χ3v) is 4.15. The van der Waals surface area contributed by atoms with Gasteiger partial charge >= 0.3 is 0 Å². The fourth-order valence-electron chi connectivity index (χ4n) is 2.22. The third-order valence-electron chi connectivity index (χ3n) is 3.13. The van der Waals surface area contributed by atoms with Crippen LogP contribution in [0, 0.1) is 0 Å². The molecule has 4 heteroatoms. The number of alkyl halides is 1. The second-order valence-electron chi connectivity index (χ2n) is 4.58. The van der Waals surface area contributed by atoms with Gasteiger partial charge in [0.05, 0.1) is 6.61 Å². The minimum atomic E-state index is 0.823. The van der Waals surface area contributed by atoms with E-state index in [1.54, 1.807) is 0 Å². The summed E-state index contributed by atoms with van der Waals surface area (Å²) in [5.41, 5.74) is 2.61. The van der Waals surface area contributed by atoms with Crippen molar-refractivity contribution in [1.82, 2.24) is 5.32 Å². The van der Waals surface area contributed by atoms with Crippen LogP contribution >= 0.6 is 31.9 Å². The molecule has 2 rings (SSSR count). The van der Waals surface area contributed by atoms with E-state index in [4.69, 9.17) is 4.74 Å². The highest BCUT2D eigenvalue weighted by molar-refractivity contribution is 9.10. The lowest BCUT2D eigenvalue weighted by Crippen LogP contribution is -2.15. The molecule has 2 nitrogen and oxygen atoms in total. The smallest absolute Gasteiger partial charge is 0.127 e. The van der Waals surface area contributed by atoms with Gasteiger partial charge in [-0.2, -0.15) is 0 Å². The first kappa shape index (κ1) is 14.4. The topological polar surface area (TPSA) is 21.3 Å². The zero-order valence-electron chi connectivity index (χ0n) is 10.5. The van der Waals surface area contributed by atoms with Crippen LogP contribution in [-0.4, -0.2) is 18.5 Å². The Morgan fingerprint density at radius 3 is 2.94 bits per heavy atom. The molecule has 0 unspecified atom stereocenters. The van der Waals surface area contributed by atoms with Crippen molar-refractivity contribution >= 4 is 31.9 Å². The Kier molecular flexibility index (Phi) is 5.99. The lowest BCUT2D eigenvalue weighted by Gasteiger charge is -2.10. The van der Waals surface area contributed by atoms with E-state index in [2.05, 4.69) is 49.3 Å². The van der Waals surface area contributed by atoms with Crippen molar-refractivity contribution in [3.8, 4) is 5.75 Å². The van der Waals surface area contributed by atoms with E-state index < -0.39 is 0 Å². The van der Waals surface area contributed by atoms with Crippen LogP contribution in [0.2, 0.25) is 0 Å². The van der Waals surface area contributed by atoms with Crippen LogP contribution in [0.1, 0.15) is 30.4 Å². The molecule has 1 aromatic rings. The molecule has 0 aromatic heterocycles. The molecule has 1 aliphatic heterocycles. The monoisotopic (exact) mass is 375 g/mol. The lowest BCUT2D eigenvalue weighted by molar-refractivity contribution is 0.352. The predicted molar refractivity (Wildman–Crippen MR) is 82.7 cm³/mol. The first-order valence-corrected chi connectivity index (χ1v) is 8.43. The van der Waals surface area contributed by atoms with Gasteiger partial charge in [-0.1, -0.05) is 38.3 Å². The van der Waals surface area contributed by atoms with Gasteiger partial charge in [-0.3, -0.25) is 0 Å². The molecule has 1 aliphatic rings. The van der Waals surface area contributed by atoms with Crippen molar-refractivity contribution in [3.63, 3.8) is 0 Å². The number of unbranched alkanes of at least 4 members (excludes halogenated alkanes) is 2. The molecule has 0 saturated carbocycles. The van der Waals surface area contributed by atoms with Gasteiger partial charge in [-0.15, -0.1) is 0 Å². The molecule has 1 aromatic carbocycles. The molecule has 0 bridgehead atoms. The lowest BCUT2D eigenvalue weighted by atomic mass is 10.1. The van der Waals surface area contributed by atoms with E-state index in [0.29, 0.717) is 0 Å². The Balaban J connectivity index is 1.82. The largest absolute Gasteiger partial charge is 0.493 e. The second kappa shape index (κ2) is 7.51. The number of rotatable bonds is 7. The van der Waals surface area contributed by atoms with E-state index in [1.807, 2.05) is 0 Å². The summed E-state index contributed by atoms with van der Waals surface area (Å²) in [5, 5.41) is 4.61. The van der Waals surface area contributed by atoms with Crippen LogP contribution in [0.5, 0.6) is 5.75 Å². The van der Waals surface area contributed by atoms with Crippen molar-refractivity contribution < 1.29 is 4.74 Å². The molecule has 1 heterocycles. The minimum absolute atomic E-state index is 0.823. The summed E-state index contributed by atoms with van der Waals surface area (Å²) in [4.78, 5) is 0. The number of benzene rings is 1. The maximum absolute atomic E-state index is 5.71. The Hall–Kier alpha value is -0.0600. The first-order valence-electron chi connectivity index (χ1n) is 6.52. The number of fused-ring (bicyclic) bond motifs is 1. The number of hydrogen-bond acceptors (Lipinski definition) is 2. The van der Waals surface area contributed by atoms with Gasteiger partial charge in [0.2, 0.25) is 0 Å². The Morgan fingerprint density at radius 1 is 1.22 bits per heavy atom. The Bertz CT molecular complexity index is 396. The van der Waals surface area contributed by atoms with Crippen molar-refractivity contribution in [2.45, 2.75) is 32.2 Å². The number of halogens is 2. The molecule has 1 N–H and O–H groups in total. The predicted octanol–water partition coefficient (Wildman–Crippen LogP) is 4.04. The van der Waals surface area contributed by atoms with E-state index >= 15 is 0 Å². The van der Waals surface area contributed by atoms with Crippen LogP contribution in [-0.2, 0) is 13.0 Å². The van der Waals surface area contributed by atoms with Crippen molar-refractivity contribution in [3.05, 3.63) is 27.7 Å². The highest BCUT2D eigenvalue weighted by Crippen LogP contribution is 2.32. The summed E-state index contributed by atoms with van der Waals surface area (Å²) in [7, 11) is 0. The van der Waals surface area contributed by atoms with E-state index in [1.165, 1.54) is 30.4 Å². The quantitative estimate of drug-likeness (QED) is 0.572. The number of ether oxygens (including phenoxy) is 1. The molecule has 0 saturated heterocycles. The minimum Gasteiger partial charge on any atom is -0.493 e. The summed E-state index contributed by atoms with van der Waals surface area (Å²) < 4.78 is 6.87. The van der Waals surface area contributed by atoms with Gasteiger partial charge in [0.1, 0.15) is 5.75 Å². The van der Waals surface area contributed by atoms with Crippen molar-refractivity contribution in [2.24, 2.45) is 0 Å². The van der Waals surface area contributed by atoms with Crippen LogP contribution in [0.3, 0.4) is 0 Å². The fraction of sp³-hybridized carbons (Fsp3) is 0.571. The maximum atomic E-state index is 5.71. The van der Waals surface area contributed by atoms with E-state index in [9.17, 15) is 0 Å². The Labute approximate surface area is 126 Å². The van der Waals surface area contributed by atoms with Gasteiger partial charge in [-0.25, -0.2) is 0 Å². The summed E-state index contributed by atoms with van der Waals surface area (Å²) in [6, 6.07) is 4.33. The molecule has 0 fully saturated rings. The van der Waals surface area contributed by atoms with Crippen molar-refractivity contribution in [2.75, 3.05) is 18.5 Å². The molecule has 0 radical (unpaired) electrons. The molecule has 100 valence electrons. The number of hydrogen-bond donors (Lipinski definition) is 1. The summed E-state index contributed by atoms with van der Waals surface area (Å²) >= 11 is 7.03. The van der Waals surface area contributed by atoms with Crippen LogP contribution in [0.4, 0.5) is 0 Å². The average Bonchev–Trinajstić information content (AvgIpc) is 2.81. The Morgan fingerprint density at radius 2 is 2.11 bits per heavy atom. The standard InChI is InChI=1S/C14H19Br2NO/c15-5-2-1-3-6-17-10-12-9-13(16)8-11-4-7-18-14(11)12/h8-9,17H,1-7,10H2. The average molecular weight is 377 g/mol. The molecule has 0 amide bonds. The first-order chi connectivity index (χ1) is 8.81. The SMILES string of the molecule is BrCCCCCNCc1cc(Br)cc2c1OCC2. The zero-order chi connectivity index (χ0) is 12.8. The summed E-state index contributed by atoms with van der Waals surface area (Å²) in [6.45, 7) is 2.80. The van der Waals surface area contributed by atoms with Crippen LogP contribution < -0.4 is 10.1 Å². The molecule has 18 heavy (non-hydrogen) atoms. The molecular weight excluding hydrogens is 358 g/mol. The van der Waals surface area contributed by atoms with Gasteiger partial charge in [0.15, 0.2) is 0 Å². The van der Waals surface area contributed by atoms with Crippen molar-refractivity contribution in [1.29, 1.82) is 0 Å². The molecular formula is C14H19Br2NO. The van der Waals surface area contributed by atoms with Gasteiger partial charge in [0.25, 0.3) is 0 Å². The highest BCUT2D eigenvalue weighted by Gasteiger charge is 2.16. The molecule has 0 spiro atoms. The van der Waals surface area contributed by atoms with E-state index in [0.717, 1.165) is 41.7 Å². The maximum Gasteiger partial charge on any atom is 0.127 e. The third kappa shape index (κ3) is 3.97. The number of nitrogens with one attached hydrogen (secondary N) is 1. The summed E-state index contributed by atoms with van der Waals surface area (Å²) in [5.74, 6) is 1.10. The van der Waals surface area contributed by atoms with Crippen LogP contribution in [0.15, 0.2) is 16.6 Å².